The van der Waals surface area contributed by atoms with Crippen molar-refractivity contribution in [3.8, 4) is 0 Å². The highest BCUT2D eigenvalue weighted by molar-refractivity contribution is 7.18. The van der Waals surface area contributed by atoms with Crippen LogP contribution in [0.25, 0.3) is 17.1 Å². The maximum atomic E-state index is 12.2. The van der Waals surface area contributed by atoms with E-state index >= 15 is 0 Å². The summed E-state index contributed by atoms with van der Waals surface area (Å²) in [5.74, 6) is -1.10. The molecule has 0 amide bonds. The van der Waals surface area contributed by atoms with E-state index in [1.165, 1.54) is 6.20 Å². The van der Waals surface area contributed by atoms with Crippen LogP contribution in [-0.2, 0) is 0 Å². The maximum Gasteiger partial charge on any atom is 0.347 e. The Morgan fingerprint density at radius 2 is 2.00 bits per heavy atom. The fourth-order valence-corrected chi connectivity index (χ4v) is 3.01. The van der Waals surface area contributed by atoms with Gasteiger partial charge in [-0.2, -0.15) is 0 Å². The molecular weight excluding hydrogens is 336 g/mol. The number of benzene rings is 1. The topological polar surface area (TPSA) is 71.7 Å². The molecule has 2 aromatic heterocycles. The Balaban J connectivity index is 2.07. The quantitative estimate of drug-likeness (QED) is 0.786. The lowest BCUT2D eigenvalue weighted by Gasteiger charge is -1.99. The molecule has 0 atom stereocenters. The summed E-state index contributed by atoms with van der Waals surface area (Å²) in [5, 5.41) is 8.97. The first-order valence-electron chi connectivity index (χ1n) is 6.65. The molecule has 0 aliphatic carbocycles. The highest BCUT2D eigenvalue weighted by Crippen LogP contribution is 2.19. The van der Waals surface area contributed by atoms with E-state index in [9.17, 15) is 9.59 Å². The first-order chi connectivity index (χ1) is 11.0. The predicted molar refractivity (Wildman–Crippen MR) is 91.4 cm³/mol. The number of halogens is 1. The van der Waals surface area contributed by atoms with E-state index in [4.69, 9.17) is 16.7 Å². The average molecular weight is 347 g/mol. The molecule has 0 saturated carbocycles. The fourth-order valence-electron chi connectivity index (χ4n) is 2.00. The van der Waals surface area contributed by atoms with Crippen LogP contribution >= 0.6 is 22.9 Å². The molecule has 0 aliphatic heterocycles. The van der Waals surface area contributed by atoms with Gasteiger partial charge in [0.15, 0.2) is 4.96 Å². The summed E-state index contributed by atoms with van der Waals surface area (Å²) in [4.78, 5) is 27.8. The van der Waals surface area contributed by atoms with Crippen molar-refractivity contribution in [3.05, 3.63) is 67.5 Å². The van der Waals surface area contributed by atoms with E-state index in [1.54, 1.807) is 12.2 Å². The number of aromatic carboxylic acids is 1. The van der Waals surface area contributed by atoms with E-state index in [0.29, 0.717) is 10.7 Å². The molecule has 2 heterocycles. The number of nitrogens with zero attached hydrogens (tertiary/aromatic N) is 2. The predicted octanol–water partition coefficient (Wildman–Crippen LogP) is 3.59. The molecule has 0 aliphatic rings. The Kier molecular flexibility index (Phi) is 4.02. The molecular formula is C16H11ClN2O3S. The minimum absolute atomic E-state index is 0.0327. The average Bonchev–Trinajstić information content (AvgIpc) is 2.95. The van der Waals surface area contributed by atoms with Gasteiger partial charge in [-0.15, -0.1) is 0 Å². The first kappa shape index (κ1) is 15.5. The monoisotopic (exact) mass is 346 g/mol. The van der Waals surface area contributed by atoms with Crippen LogP contribution in [0.15, 0.2) is 35.3 Å². The van der Waals surface area contributed by atoms with Gasteiger partial charge < -0.3 is 5.11 Å². The van der Waals surface area contributed by atoms with Gasteiger partial charge >= 0.3 is 5.97 Å². The van der Waals surface area contributed by atoms with Crippen LogP contribution < -0.4 is 5.56 Å². The van der Waals surface area contributed by atoms with Crippen LogP contribution in [0.1, 0.15) is 26.5 Å². The molecule has 3 aromatic rings. The Morgan fingerprint density at radius 3 is 2.65 bits per heavy atom. The van der Waals surface area contributed by atoms with E-state index in [1.807, 2.05) is 31.2 Å². The largest absolute Gasteiger partial charge is 0.477 e. The summed E-state index contributed by atoms with van der Waals surface area (Å²) in [6.45, 7) is 2.00. The van der Waals surface area contributed by atoms with Gasteiger partial charge in [0.25, 0.3) is 5.56 Å². The Morgan fingerprint density at radius 1 is 1.30 bits per heavy atom. The maximum absolute atomic E-state index is 12.2. The van der Waals surface area contributed by atoms with Crippen molar-refractivity contribution in [2.75, 3.05) is 0 Å². The molecule has 0 fully saturated rings. The van der Waals surface area contributed by atoms with E-state index in [0.717, 1.165) is 26.9 Å². The Bertz CT molecular complexity index is 987. The van der Waals surface area contributed by atoms with Crippen LogP contribution in [0, 0.1) is 6.92 Å². The zero-order valence-electron chi connectivity index (χ0n) is 12.0. The number of hydrogen-bond donors (Lipinski definition) is 1. The molecule has 116 valence electrons. The van der Waals surface area contributed by atoms with Crippen molar-refractivity contribution in [1.29, 1.82) is 0 Å². The number of thiazole rings is 1. The third kappa shape index (κ3) is 3.04. The molecule has 1 aromatic carbocycles. The van der Waals surface area contributed by atoms with E-state index in [2.05, 4.69) is 4.98 Å². The van der Waals surface area contributed by atoms with Gasteiger partial charge in [0.1, 0.15) is 9.90 Å². The number of hydrogen-bond acceptors (Lipinski definition) is 4. The molecule has 0 radical (unpaired) electrons. The molecule has 1 N–H and O–H groups in total. The number of aryl methyl sites for hydroxylation is 1. The van der Waals surface area contributed by atoms with Crippen molar-refractivity contribution in [2.24, 2.45) is 0 Å². The number of fused-ring (bicyclic) bond motifs is 1. The van der Waals surface area contributed by atoms with Gasteiger partial charge in [0.2, 0.25) is 0 Å². The smallest absolute Gasteiger partial charge is 0.347 e. The molecule has 23 heavy (non-hydrogen) atoms. The summed E-state index contributed by atoms with van der Waals surface area (Å²) >= 11 is 6.99. The highest BCUT2D eigenvalue weighted by atomic mass is 35.5. The second kappa shape index (κ2) is 5.98. The fraction of sp³-hybridized carbons (Fsp3) is 0.0625. The Labute approximate surface area is 140 Å². The summed E-state index contributed by atoms with van der Waals surface area (Å²) in [5.41, 5.74) is 1.93. The minimum atomic E-state index is -1.10. The van der Waals surface area contributed by atoms with Gasteiger partial charge in [0.05, 0.1) is 5.69 Å². The zero-order valence-corrected chi connectivity index (χ0v) is 13.6. The van der Waals surface area contributed by atoms with Gasteiger partial charge in [0, 0.05) is 6.20 Å². The van der Waals surface area contributed by atoms with Gasteiger partial charge in [-0.1, -0.05) is 58.8 Å². The number of aromatic nitrogens is 2. The molecule has 0 saturated heterocycles. The van der Waals surface area contributed by atoms with Crippen molar-refractivity contribution in [3.63, 3.8) is 0 Å². The number of carboxylic acid groups (broad SMARTS) is 1. The summed E-state index contributed by atoms with van der Waals surface area (Å²) < 4.78 is 1.15. The number of carboxylic acids is 1. The van der Waals surface area contributed by atoms with Crippen molar-refractivity contribution in [2.45, 2.75) is 6.92 Å². The Hall–Kier alpha value is -2.44. The van der Waals surface area contributed by atoms with Crippen molar-refractivity contribution in [1.82, 2.24) is 9.38 Å². The first-order valence-corrected chi connectivity index (χ1v) is 7.85. The highest BCUT2D eigenvalue weighted by Gasteiger charge is 2.14. The van der Waals surface area contributed by atoms with Crippen LogP contribution in [0.3, 0.4) is 0 Å². The molecule has 0 spiro atoms. The normalized spacial score (nSPS) is 11.4. The summed E-state index contributed by atoms with van der Waals surface area (Å²) in [6.07, 6.45) is 4.68. The van der Waals surface area contributed by atoms with Gasteiger partial charge in [-0.25, -0.2) is 9.78 Å². The SMILES string of the molecule is Cc1ccc(/C=C/c2nc3sc(C(=O)O)cn3c(=O)c2Cl)cc1. The third-order valence-corrected chi connectivity index (χ3v) is 4.55. The van der Waals surface area contributed by atoms with Crippen molar-refractivity contribution >= 4 is 46.0 Å². The lowest BCUT2D eigenvalue weighted by molar-refractivity contribution is 0.0702. The molecule has 0 unspecified atom stereocenters. The number of carbonyl (C=O) groups is 1. The number of rotatable bonds is 3. The molecule has 7 heteroatoms. The summed E-state index contributed by atoms with van der Waals surface area (Å²) in [7, 11) is 0. The van der Waals surface area contributed by atoms with Gasteiger partial charge in [-0.3, -0.25) is 9.20 Å². The van der Waals surface area contributed by atoms with Gasteiger partial charge in [-0.05, 0) is 18.6 Å². The molecule has 3 rings (SSSR count). The molecule has 5 nitrogen and oxygen atoms in total. The summed E-state index contributed by atoms with van der Waals surface area (Å²) in [6, 6.07) is 7.84. The van der Waals surface area contributed by atoms with E-state index in [-0.39, 0.29) is 9.90 Å². The third-order valence-electron chi connectivity index (χ3n) is 3.22. The van der Waals surface area contributed by atoms with E-state index < -0.39 is 11.5 Å². The minimum Gasteiger partial charge on any atom is -0.477 e. The lowest BCUT2D eigenvalue weighted by atomic mass is 10.1. The zero-order chi connectivity index (χ0) is 16.6. The van der Waals surface area contributed by atoms with Crippen LogP contribution in [0.4, 0.5) is 0 Å². The second-order valence-electron chi connectivity index (χ2n) is 4.91. The standard InChI is InChI=1S/C16H11ClN2O3S/c1-9-2-4-10(5-3-9)6-7-11-13(17)14(20)19-8-12(15(21)22)23-16(19)18-11/h2-8H,1H3,(H,21,22)/b7-6+. The van der Waals surface area contributed by atoms with Crippen molar-refractivity contribution < 1.29 is 9.90 Å². The molecule has 0 bridgehead atoms. The lowest BCUT2D eigenvalue weighted by Crippen LogP contribution is -2.14. The van der Waals surface area contributed by atoms with Crippen LogP contribution in [-0.4, -0.2) is 20.5 Å². The van der Waals surface area contributed by atoms with Crippen LogP contribution in [0.2, 0.25) is 5.02 Å². The second-order valence-corrected chi connectivity index (χ2v) is 6.30. The van der Waals surface area contributed by atoms with Crippen LogP contribution in [0.5, 0.6) is 0 Å².